The second-order valence-corrected chi connectivity index (χ2v) is 4.14. The molecule has 1 fully saturated rings. The van der Waals surface area contributed by atoms with Gasteiger partial charge in [0, 0.05) is 13.1 Å². The molecule has 0 unspecified atom stereocenters. The van der Waals surface area contributed by atoms with Crippen LogP contribution < -0.4 is 4.90 Å². The molecule has 2 rings (SSSR count). The molecule has 0 atom stereocenters. The molecule has 0 aromatic heterocycles. The Kier molecular flexibility index (Phi) is 2.91. The van der Waals surface area contributed by atoms with Gasteiger partial charge in [-0.15, -0.1) is 0 Å². The standard InChI is InChI=1S/C12H16FNO/c1-14(10-3-2-4-10)12-6-5-9(8-15)7-11(12)13/h5-7,10,15H,2-4,8H2,1H3. The first-order valence-electron chi connectivity index (χ1n) is 5.34. The Hall–Kier alpha value is -1.09. The van der Waals surface area contributed by atoms with E-state index in [1.807, 2.05) is 11.9 Å². The first-order valence-corrected chi connectivity index (χ1v) is 5.34. The summed E-state index contributed by atoms with van der Waals surface area (Å²) in [5, 5.41) is 8.88. The molecule has 3 heteroatoms. The van der Waals surface area contributed by atoms with Gasteiger partial charge in [-0.3, -0.25) is 0 Å². The van der Waals surface area contributed by atoms with E-state index in [4.69, 9.17) is 5.11 Å². The van der Waals surface area contributed by atoms with Gasteiger partial charge in [0.15, 0.2) is 0 Å². The van der Waals surface area contributed by atoms with Gasteiger partial charge in [0.05, 0.1) is 12.3 Å². The van der Waals surface area contributed by atoms with Crippen LogP contribution in [0.2, 0.25) is 0 Å². The van der Waals surface area contributed by atoms with Crippen LogP contribution in [0.15, 0.2) is 18.2 Å². The summed E-state index contributed by atoms with van der Waals surface area (Å²) in [6.07, 6.45) is 3.54. The first-order chi connectivity index (χ1) is 7.22. The molecule has 1 aromatic carbocycles. The van der Waals surface area contributed by atoms with Gasteiger partial charge in [-0.05, 0) is 37.0 Å². The fraction of sp³-hybridized carbons (Fsp3) is 0.500. The van der Waals surface area contributed by atoms with Crippen molar-refractivity contribution in [2.24, 2.45) is 0 Å². The van der Waals surface area contributed by atoms with Crippen LogP contribution in [0.5, 0.6) is 0 Å². The van der Waals surface area contributed by atoms with Gasteiger partial charge < -0.3 is 10.0 Å². The number of halogens is 1. The molecule has 0 amide bonds. The zero-order valence-electron chi connectivity index (χ0n) is 8.91. The third-order valence-corrected chi connectivity index (χ3v) is 3.20. The third kappa shape index (κ3) is 1.97. The summed E-state index contributed by atoms with van der Waals surface area (Å²) in [5.41, 5.74) is 1.26. The summed E-state index contributed by atoms with van der Waals surface area (Å²) < 4.78 is 13.7. The molecular weight excluding hydrogens is 193 g/mol. The van der Waals surface area contributed by atoms with Crippen LogP contribution in [0, 0.1) is 5.82 Å². The second kappa shape index (κ2) is 4.19. The second-order valence-electron chi connectivity index (χ2n) is 4.14. The summed E-state index contributed by atoms with van der Waals surface area (Å²) in [6.45, 7) is -0.107. The van der Waals surface area contributed by atoms with Crippen molar-refractivity contribution in [2.75, 3.05) is 11.9 Å². The van der Waals surface area contributed by atoms with E-state index in [-0.39, 0.29) is 12.4 Å². The van der Waals surface area contributed by atoms with Crippen LogP contribution in [0.25, 0.3) is 0 Å². The lowest BCUT2D eigenvalue weighted by Crippen LogP contribution is -2.37. The molecule has 2 nitrogen and oxygen atoms in total. The summed E-state index contributed by atoms with van der Waals surface area (Å²) >= 11 is 0. The maximum atomic E-state index is 13.7. The summed E-state index contributed by atoms with van der Waals surface area (Å²) in [6, 6.07) is 5.41. The molecule has 1 aromatic rings. The lowest BCUT2D eigenvalue weighted by Gasteiger charge is -2.36. The Labute approximate surface area is 89.3 Å². The maximum absolute atomic E-state index is 13.7. The predicted molar refractivity (Wildman–Crippen MR) is 58.4 cm³/mol. The predicted octanol–water partition coefficient (Wildman–Crippen LogP) is 2.31. The Morgan fingerprint density at radius 3 is 2.67 bits per heavy atom. The average molecular weight is 209 g/mol. The van der Waals surface area contributed by atoms with E-state index in [0.717, 1.165) is 12.8 Å². The molecule has 1 saturated carbocycles. The average Bonchev–Trinajstić information content (AvgIpc) is 2.14. The van der Waals surface area contributed by atoms with Gasteiger partial charge in [-0.2, -0.15) is 0 Å². The fourth-order valence-corrected chi connectivity index (χ4v) is 1.91. The maximum Gasteiger partial charge on any atom is 0.146 e. The smallest absolute Gasteiger partial charge is 0.146 e. The Morgan fingerprint density at radius 2 is 2.20 bits per heavy atom. The highest BCUT2D eigenvalue weighted by Crippen LogP contribution is 2.30. The van der Waals surface area contributed by atoms with Crippen molar-refractivity contribution in [3.05, 3.63) is 29.6 Å². The van der Waals surface area contributed by atoms with Crippen molar-refractivity contribution in [3.63, 3.8) is 0 Å². The lowest BCUT2D eigenvalue weighted by molar-refractivity contribution is 0.281. The molecule has 0 spiro atoms. The molecule has 0 aliphatic heterocycles. The van der Waals surface area contributed by atoms with Crippen LogP contribution in [0.4, 0.5) is 10.1 Å². The van der Waals surface area contributed by atoms with Crippen molar-refractivity contribution in [2.45, 2.75) is 31.9 Å². The highest BCUT2D eigenvalue weighted by atomic mass is 19.1. The SMILES string of the molecule is CN(c1ccc(CO)cc1F)C1CCC1. The molecule has 82 valence electrons. The van der Waals surface area contributed by atoms with Gasteiger partial charge in [-0.25, -0.2) is 4.39 Å². The van der Waals surface area contributed by atoms with Gasteiger partial charge >= 0.3 is 0 Å². The number of nitrogens with zero attached hydrogens (tertiary/aromatic N) is 1. The minimum absolute atomic E-state index is 0.107. The van der Waals surface area contributed by atoms with Crippen molar-refractivity contribution in [1.29, 1.82) is 0 Å². The van der Waals surface area contributed by atoms with Crippen LogP contribution in [0.3, 0.4) is 0 Å². The topological polar surface area (TPSA) is 23.5 Å². The largest absolute Gasteiger partial charge is 0.392 e. The monoisotopic (exact) mass is 209 g/mol. The van der Waals surface area contributed by atoms with Crippen LogP contribution >= 0.6 is 0 Å². The van der Waals surface area contributed by atoms with E-state index < -0.39 is 0 Å². The third-order valence-electron chi connectivity index (χ3n) is 3.20. The number of rotatable bonds is 3. The van der Waals surface area contributed by atoms with Gasteiger partial charge in [0.25, 0.3) is 0 Å². The van der Waals surface area contributed by atoms with E-state index in [0.29, 0.717) is 17.3 Å². The molecule has 1 aliphatic rings. The van der Waals surface area contributed by atoms with E-state index in [2.05, 4.69) is 0 Å². The highest BCUT2D eigenvalue weighted by molar-refractivity contribution is 5.49. The van der Waals surface area contributed by atoms with Crippen molar-refractivity contribution < 1.29 is 9.50 Å². The van der Waals surface area contributed by atoms with Crippen LogP contribution in [-0.4, -0.2) is 18.2 Å². The van der Waals surface area contributed by atoms with Crippen molar-refractivity contribution in [3.8, 4) is 0 Å². The molecule has 0 saturated heterocycles. The molecule has 0 bridgehead atoms. The number of benzene rings is 1. The van der Waals surface area contributed by atoms with Crippen molar-refractivity contribution in [1.82, 2.24) is 0 Å². The highest BCUT2D eigenvalue weighted by Gasteiger charge is 2.23. The van der Waals surface area contributed by atoms with Gasteiger partial charge in [-0.1, -0.05) is 6.07 Å². The molecular formula is C12H16FNO. The number of hydrogen-bond acceptors (Lipinski definition) is 2. The fourth-order valence-electron chi connectivity index (χ4n) is 1.91. The van der Waals surface area contributed by atoms with E-state index in [9.17, 15) is 4.39 Å². The Morgan fingerprint density at radius 1 is 1.47 bits per heavy atom. The minimum atomic E-state index is -0.240. The zero-order valence-corrected chi connectivity index (χ0v) is 8.91. The van der Waals surface area contributed by atoms with Gasteiger partial charge in [0.2, 0.25) is 0 Å². The van der Waals surface area contributed by atoms with E-state index >= 15 is 0 Å². The number of anilines is 1. The number of aliphatic hydroxyl groups is 1. The molecule has 0 heterocycles. The first kappa shape index (κ1) is 10.4. The van der Waals surface area contributed by atoms with Crippen molar-refractivity contribution >= 4 is 5.69 Å². The Bertz CT molecular complexity index is 349. The summed E-state index contributed by atoms with van der Waals surface area (Å²) in [7, 11) is 1.93. The Balaban J connectivity index is 2.19. The van der Waals surface area contributed by atoms with Crippen LogP contribution in [-0.2, 0) is 6.61 Å². The zero-order chi connectivity index (χ0) is 10.8. The normalized spacial score (nSPS) is 16.2. The number of hydrogen-bond donors (Lipinski definition) is 1. The lowest BCUT2D eigenvalue weighted by atomic mass is 9.91. The molecule has 0 radical (unpaired) electrons. The minimum Gasteiger partial charge on any atom is -0.392 e. The molecule has 1 aliphatic carbocycles. The summed E-state index contributed by atoms with van der Waals surface area (Å²) in [5.74, 6) is -0.240. The quantitative estimate of drug-likeness (QED) is 0.825. The van der Waals surface area contributed by atoms with Crippen LogP contribution in [0.1, 0.15) is 24.8 Å². The molecule has 1 N–H and O–H groups in total. The van der Waals surface area contributed by atoms with Gasteiger partial charge in [0.1, 0.15) is 5.82 Å². The number of aliphatic hydroxyl groups excluding tert-OH is 1. The van der Waals surface area contributed by atoms with E-state index in [1.165, 1.54) is 12.5 Å². The summed E-state index contributed by atoms with van der Waals surface area (Å²) in [4.78, 5) is 2.00. The van der Waals surface area contributed by atoms with E-state index in [1.54, 1.807) is 12.1 Å². The molecule has 15 heavy (non-hydrogen) atoms.